The minimum Gasteiger partial charge on any atom is -0.433 e. The molecule has 0 atom stereocenters. The van der Waals surface area contributed by atoms with E-state index < -0.39 is 16.6 Å². The van der Waals surface area contributed by atoms with Gasteiger partial charge in [-0.2, -0.15) is 0 Å². The van der Waals surface area contributed by atoms with Crippen molar-refractivity contribution in [1.29, 1.82) is 0 Å². The summed E-state index contributed by atoms with van der Waals surface area (Å²) < 4.78 is 0. The van der Waals surface area contributed by atoms with Gasteiger partial charge in [0, 0.05) is 34.9 Å². The minimum absolute atomic E-state index is 0. The zero-order valence-electron chi connectivity index (χ0n) is 14.1. The Kier molecular flexibility index (Phi) is 35.9. The van der Waals surface area contributed by atoms with Gasteiger partial charge in [0.15, 0.2) is 16.6 Å². The molecule has 0 aromatic rings. The molecule has 0 rings (SSSR count). The normalized spacial score (nSPS) is 9.47. The van der Waals surface area contributed by atoms with Crippen molar-refractivity contribution >= 4 is 16.6 Å². The first-order valence-electron chi connectivity index (χ1n) is 6.49. The summed E-state index contributed by atoms with van der Waals surface area (Å²) in [6, 6.07) is 0. The first kappa shape index (κ1) is 32.1. The van der Waals surface area contributed by atoms with E-state index in [-0.39, 0.29) is 21.7 Å². The van der Waals surface area contributed by atoms with Gasteiger partial charge < -0.3 is 19.8 Å². The molecule has 4 nitrogen and oxygen atoms in total. The van der Waals surface area contributed by atoms with Gasteiger partial charge in [0.05, 0.1) is 0 Å². The second kappa shape index (κ2) is 21.3. The summed E-state index contributed by atoms with van der Waals surface area (Å²) in [5, 5.41) is 15.8. The Morgan fingerprint density at radius 1 is 0.632 bits per heavy atom. The maximum atomic E-state index is 8.66. The number of hydrogen-bond donors (Lipinski definition) is 4. The van der Waals surface area contributed by atoms with Crippen molar-refractivity contribution in [2.75, 3.05) is 13.2 Å². The average molecular weight is 348 g/mol. The third-order valence-electron chi connectivity index (χ3n) is 0.447. The van der Waals surface area contributed by atoms with Crippen LogP contribution in [0, 0.1) is 0 Å². The van der Waals surface area contributed by atoms with Gasteiger partial charge in [0.25, 0.3) is 0 Å². The monoisotopic (exact) mass is 348 g/mol. The third-order valence-corrected chi connectivity index (χ3v) is 0.447. The van der Waals surface area contributed by atoms with Crippen molar-refractivity contribution in [2.45, 2.75) is 66.0 Å². The topological polar surface area (TPSA) is 80.9 Å². The van der Waals surface area contributed by atoms with Gasteiger partial charge in [0.1, 0.15) is 0 Å². The number of hydrogen-bond acceptors (Lipinski definition) is 4. The molecule has 0 saturated carbocycles. The molecule has 0 aromatic carbocycles. The van der Waals surface area contributed by atoms with E-state index in [0.29, 0.717) is 13.2 Å². The molecular weight excluding hydrogens is 312 g/mol. The Hall–Kier alpha value is 0.988. The Labute approximate surface area is 137 Å². The van der Waals surface area contributed by atoms with Gasteiger partial charge >= 0.3 is 0 Å². The fraction of sp³-hybridized carbons (Fsp3) is 1.00. The molecule has 0 heterocycles. The van der Waals surface area contributed by atoms with Gasteiger partial charge in [-0.15, -0.1) is 0 Å². The molecule has 19 heavy (non-hydrogen) atoms. The van der Waals surface area contributed by atoms with Crippen molar-refractivity contribution in [3.63, 3.8) is 0 Å². The molecule has 0 saturated heterocycles. The van der Waals surface area contributed by atoms with E-state index in [4.69, 9.17) is 19.8 Å². The Morgan fingerprint density at radius 2 is 0.684 bits per heavy atom. The molecule has 4 N–H and O–H groups in total. The fourth-order valence-corrected chi connectivity index (χ4v) is 0. The summed E-state index contributed by atoms with van der Waals surface area (Å²) in [5.41, 5.74) is 0. The molecule has 0 unspecified atom stereocenters. The molecule has 0 radical (unpaired) electrons. The van der Waals surface area contributed by atoms with E-state index in [1.54, 1.807) is 0 Å². The molecule has 0 amide bonds. The predicted octanol–water partition coefficient (Wildman–Crippen LogP) is 2.40. The van der Waals surface area contributed by atoms with E-state index in [1.165, 1.54) is 0 Å². The van der Waals surface area contributed by atoms with Gasteiger partial charge in [-0.1, -0.05) is 13.8 Å². The second-order valence-corrected chi connectivity index (χ2v) is 14.5. The molecule has 120 valence electrons. The number of aliphatic hydroxyl groups excluding tert-OH is 2. The zero-order chi connectivity index (χ0) is 15.8. The molecule has 7 heteroatoms. The minimum atomic E-state index is -1.61. The smallest absolute Gasteiger partial charge is 0.179 e. The van der Waals surface area contributed by atoms with Crippen LogP contribution in [0.3, 0.4) is 0 Å². The first-order valence-corrected chi connectivity index (χ1v) is 13.4. The summed E-state index contributed by atoms with van der Waals surface area (Å²) in [6.45, 7) is 15.8. The SMILES string of the molecule is CCCO.CCCO.C[Si](C)(C)O.C[Si](C)(C)O.[Ti]. The van der Waals surface area contributed by atoms with Crippen LogP contribution in [0.2, 0.25) is 39.3 Å². The molecule has 0 aliphatic carbocycles. The van der Waals surface area contributed by atoms with Crippen molar-refractivity contribution in [2.24, 2.45) is 0 Å². The molecule has 0 aromatic heterocycles. The number of aliphatic hydroxyl groups is 2. The average Bonchev–Trinajstić information content (AvgIpc) is 2.12. The largest absolute Gasteiger partial charge is 0.433 e. The summed E-state index contributed by atoms with van der Waals surface area (Å²) in [5.74, 6) is 0. The third kappa shape index (κ3) is 614. The first-order chi connectivity index (χ1) is 7.83. The van der Waals surface area contributed by atoms with Crippen LogP contribution in [0.25, 0.3) is 0 Å². The molecule has 0 spiro atoms. The standard InChI is InChI=1S/2C3H10OSi.2C3H8O.Ti/c2*1-5(2,3)4;2*1-2-3-4;/h2*4H,1-3H3;2*4H,2-3H2,1H3;. The molecule has 0 bridgehead atoms. The van der Waals surface area contributed by atoms with Crippen LogP contribution in [0.15, 0.2) is 0 Å². The number of rotatable bonds is 2. The fourth-order valence-electron chi connectivity index (χ4n) is 0. The van der Waals surface area contributed by atoms with Crippen LogP contribution in [-0.2, 0) is 21.7 Å². The van der Waals surface area contributed by atoms with Crippen LogP contribution < -0.4 is 0 Å². The van der Waals surface area contributed by atoms with Gasteiger partial charge in [-0.05, 0) is 52.1 Å². The maximum Gasteiger partial charge on any atom is 0.179 e. The maximum absolute atomic E-state index is 8.66. The van der Waals surface area contributed by atoms with E-state index in [2.05, 4.69) is 0 Å². The van der Waals surface area contributed by atoms with Gasteiger partial charge in [-0.25, -0.2) is 0 Å². The molecule has 0 fully saturated rings. The van der Waals surface area contributed by atoms with Crippen molar-refractivity contribution in [1.82, 2.24) is 0 Å². The quantitative estimate of drug-likeness (QED) is 0.578. The summed E-state index contributed by atoms with van der Waals surface area (Å²) >= 11 is 0. The van der Waals surface area contributed by atoms with E-state index >= 15 is 0 Å². The van der Waals surface area contributed by atoms with Gasteiger partial charge in [-0.3, -0.25) is 0 Å². The van der Waals surface area contributed by atoms with Gasteiger partial charge in [0.2, 0.25) is 0 Å². The summed E-state index contributed by atoms with van der Waals surface area (Å²) in [7, 11) is -3.22. The molecular formula is C12H36O4Si2Ti. The Balaban J connectivity index is -0.0000000453. The molecule has 0 aliphatic heterocycles. The summed E-state index contributed by atoms with van der Waals surface area (Å²) in [4.78, 5) is 17.3. The zero-order valence-corrected chi connectivity index (χ0v) is 17.7. The van der Waals surface area contributed by atoms with Crippen molar-refractivity contribution in [3.8, 4) is 0 Å². The Morgan fingerprint density at radius 3 is 0.684 bits per heavy atom. The van der Waals surface area contributed by atoms with Crippen molar-refractivity contribution in [3.05, 3.63) is 0 Å². The summed E-state index contributed by atoms with van der Waals surface area (Å²) in [6.07, 6.45) is 1.75. The van der Waals surface area contributed by atoms with Crippen molar-refractivity contribution < 1.29 is 41.5 Å². The van der Waals surface area contributed by atoms with E-state index in [9.17, 15) is 0 Å². The van der Waals surface area contributed by atoms with Crippen LogP contribution in [0.5, 0.6) is 0 Å². The van der Waals surface area contributed by atoms with Crippen LogP contribution in [0.1, 0.15) is 26.7 Å². The molecule has 0 aliphatic rings. The van der Waals surface area contributed by atoms with Crippen LogP contribution in [-0.4, -0.2) is 49.7 Å². The predicted molar refractivity (Wildman–Crippen MR) is 85.9 cm³/mol. The van der Waals surface area contributed by atoms with E-state index in [1.807, 2.05) is 53.1 Å². The van der Waals surface area contributed by atoms with Crippen LogP contribution in [0.4, 0.5) is 0 Å². The second-order valence-electron chi connectivity index (χ2n) is 5.79. The Bertz CT molecular complexity index is 105. The van der Waals surface area contributed by atoms with E-state index in [0.717, 1.165) is 12.8 Å². The van der Waals surface area contributed by atoms with Crippen LogP contribution >= 0.6 is 0 Å².